The zero-order valence-corrected chi connectivity index (χ0v) is 12.0. The van der Waals surface area contributed by atoms with E-state index in [0.717, 1.165) is 0 Å². The van der Waals surface area contributed by atoms with Crippen molar-refractivity contribution in [3.63, 3.8) is 0 Å². The number of amides is 1. The van der Waals surface area contributed by atoms with Gasteiger partial charge >= 0.3 is 12.1 Å². The molecule has 20 heavy (non-hydrogen) atoms. The van der Waals surface area contributed by atoms with Gasteiger partial charge in [0.2, 0.25) is 0 Å². The van der Waals surface area contributed by atoms with Crippen LogP contribution in [0.4, 0.5) is 10.6 Å². The minimum absolute atomic E-state index is 0.136. The van der Waals surface area contributed by atoms with E-state index in [9.17, 15) is 9.59 Å². The van der Waals surface area contributed by atoms with Crippen LogP contribution in [0.1, 0.15) is 33.4 Å². The van der Waals surface area contributed by atoms with Gasteiger partial charge in [-0.15, -0.1) is 0 Å². The largest absolute Gasteiger partial charge is 0.450 e. The van der Waals surface area contributed by atoms with Crippen molar-refractivity contribution in [2.24, 2.45) is 5.73 Å². The minimum atomic E-state index is -0.825. The molecule has 1 rings (SSSR count). The molecule has 0 bridgehead atoms. The van der Waals surface area contributed by atoms with E-state index < -0.39 is 17.7 Å². The molecule has 1 heterocycles. The van der Waals surface area contributed by atoms with Crippen LogP contribution >= 0.6 is 0 Å². The fourth-order valence-corrected chi connectivity index (χ4v) is 1.30. The van der Waals surface area contributed by atoms with E-state index in [1.807, 2.05) is 0 Å². The highest BCUT2D eigenvalue weighted by atomic mass is 16.8. The van der Waals surface area contributed by atoms with Crippen molar-refractivity contribution in [1.82, 2.24) is 4.98 Å². The average Bonchev–Trinajstić information content (AvgIpc) is 2.33. The molecule has 0 unspecified atom stereocenters. The van der Waals surface area contributed by atoms with E-state index in [2.05, 4.69) is 4.98 Å². The SMILES string of the molecule is CC(=O)ON(C(=O)OC(C)(C)C)c1cccc(CN)n1. The van der Waals surface area contributed by atoms with Gasteiger partial charge in [0, 0.05) is 13.5 Å². The lowest BCUT2D eigenvalue weighted by atomic mass is 10.2. The molecule has 0 spiro atoms. The molecular formula is C13H19N3O4. The number of pyridine rings is 1. The zero-order chi connectivity index (χ0) is 15.3. The number of ether oxygens (including phenoxy) is 1. The second-order valence-electron chi connectivity index (χ2n) is 5.05. The number of hydrogen-bond donors (Lipinski definition) is 1. The van der Waals surface area contributed by atoms with Gasteiger partial charge in [-0.05, 0) is 32.9 Å². The molecule has 2 N–H and O–H groups in total. The maximum absolute atomic E-state index is 12.0. The van der Waals surface area contributed by atoms with E-state index in [1.165, 1.54) is 13.0 Å². The lowest BCUT2D eigenvalue weighted by Gasteiger charge is -2.25. The van der Waals surface area contributed by atoms with Crippen LogP contribution in [0.5, 0.6) is 0 Å². The van der Waals surface area contributed by atoms with Crippen molar-refractivity contribution in [1.29, 1.82) is 0 Å². The minimum Gasteiger partial charge on any atom is -0.441 e. The van der Waals surface area contributed by atoms with Crippen molar-refractivity contribution >= 4 is 17.9 Å². The first-order valence-corrected chi connectivity index (χ1v) is 6.10. The van der Waals surface area contributed by atoms with Crippen LogP contribution in [0.25, 0.3) is 0 Å². The molecule has 0 aliphatic rings. The molecular weight excluding hydrogens is 262 g/mol. The van der Waals surface area contributed by atoms with Crippen LogP contribution in [0.2, 0.25) is 0 Å². The van der Waals surface area contributed by atoms with Gasteiger partial charge in [0.15, 0.2) is 5.82 Å². The van der Waals surface area contributed by atoms with Gasteiger partial charge in [-0.1, -0.05) is 11.1 Å². The van der Waals surface area contributed by atoms with Crippen molar-refractivity contribution in [2.45, 2.75) is 39.8 Å². The lowest BCUT2D eigenvalue weighted by Crippen LogP contribution is -2.38. The Kier molecular flexibility index (Phi) is 5.04. The van der Waals surface area contributed by atoms with Crippen molar-refractivity contribution in [3.8, 4) is 0 Å². The van der Waals surface area contributed by atoms with Gasteiger partial charge < -0.3 is 15.3 Å². The number of nitrogens with zero attached hydrogens (tertiary/aromatic N) is 2. The van der Waals surface area contributed by atoms with Crippen molar-refractivity contribution in [3.05, 3.63) is 23.9 Å². The van der Waals surface area contributed by atoms with Gasteiger partial charge in [-0.25, -0.2) is 14.6 Å². The molecule has 1 aromatic rings. The summed E-state index contributed by atoms with van der Waals surface area (Å²) in [5, 5.41) is 0.715. The lowest BCUT2D eigenvalue weighted by molar-refractivity contribution is -0.142. The maximum Gasteiger partial charge on any atom is 0.450 e. The Hall–Kier alpha value is -2.15. The highest BCUT2D eigenvalue weighted by Gasteiger charge is 2.27. The van der Waals surface area contributed by atoms with E-state index in [1.54, 1.807) is 32.9 Å². The molecule has 0 saturated carbocycles. The molecule has 7 nitrogen and oxygen atoms in total. The number of rotatable bonds is 2. The standard InChI is InChI=1S/C13H19N3O4/c1-9(17)20-16(12(18)19-13(2,3)4)11-7-5-6-10(8-14)15-11/h5-7H,8,14H2,1-4H3. The third kappa shape index (κ3) is 4.85. The van der Waals surface area contributed by atoms with Crippen LogP contribution in [0.3, 0.4) is 0 Å². The molecule has 0 saturated heterocycles. The van der Waals surface area contributed by atoms with Crippen molar-refractivity contribution in [2.75, 3.05) is 5.06 Å². The Morgan fingerprint density at radius 3 is 2.50 bits per heavy atom. The third-order valence-electron chi connectivity index (χ3n) is 1.99. The van der Waals surface area contributed by atoms with Crippen LogP contribution in [0, 0.1) is 0 Å². The topological polar surface area (TPSA) is 94.8 Å². The summed E-state index contributed by atoms with van der Waals surface area (Å²) >= 11 is 0. The second kappa shape index (κ2) is 6.33. The second-order valence-corrected chi connectivity index (χ2v) is 5.05. The van der Waals surface area contributed by atoms with E-state index >= 15 is 0 Å². The molecule has 0 aromatic carbocycles. The summed E-state index contributed by atoms with van der Waals surface area (Å²) in [5.41, 5.74) is 5.33. The van der Waals surface area contributed by atoms with Gasteiger partial charge in [0.05, 0.1) is 5.69 Å². The smallest absolute Gasteiger partial charge is 0.441 e. The molecule has 0 aliphatic heterocycles. The van der Waals surface area contributed by atoms with Gasteiger partial charge in [0.25, 0.3) is 0 Å². The summed E-state index contributed by atoms with van der Waals surface area (Å²) in [7, 11) is 0. The molecule has 0 radical (unpaired) electrons. The fourth-order valence-electron chi connectivity index (χ4n) is 1.30. The Labute approximate surface area is 117 Å². The van der Waals surface area contributed by atoms with Crippen molar-refractivity contribution < 1.29 is 19.2 Å². The quantitative estimate of drug-likeness (QED) is 0.830. The number of carbonyl (C=O) groups is 2. The van der Waals surface area contributed by atoms with Gasteiger partial charge in [-0.3, -0.25) is 0 Å². The number of hydroxylamine groups is 1. The molecule has 110 valence electrons. The molecule has 7 heteroatoms. The van der Waals surface area contributed by atoms with Gasteiger partial charge in [-0.2, -0.15) is 0 Å². The first-order valence-electron chi connectivity index (χ1n) is 6.10. The number of carbonyl (C=O) groups excluding carboxylic acids is 2. The van der Waals surface area contributed by atoms with E-state index in [-0.39, 0.29) is 12.4 Å². The Bertz CT molecular complexity index is 497. The average molecular weight is 281 g/mol. The number of anilines is 1. The predicted molar refractivity (Wildman–Crippen MR) is 72.6 cm³/mol. The highest BCUT2D eigenvalue weighted by molar-refractivity contribution is 5.87. The summed E-state index contributed by atoms with van der Waals surface area (Å²) < 4.78 is 5.17. The summed E-state index contributed by atoms with van der Waals surface area (Å²) in [6, 6.07) is 4.88. The van der Waals surface area contributed by atoms with Gasteiger partial charge in [0.1, 0.15) is 5.60 Å². The summed E-state index contributed by atoms with van der Waals surface area (Å²) in [6.07, 6.45) is -0.825. The van der Waals surface area contributed by atoms with Crippen LogP contribution in [0.15, 0.2) is 18.2 Å². The summed E-state index contributed by atoms with van der Waals surface area (Å²) in [5.74, 6) is -0.520. The number of aromatic nitrogens is 1. The first-order chi connectivity index (χ1) is 9.23. The Morgan fingerprint density at radius 1 is 1.35 bits per heavy atom. The third-order valence-corrected chi connectivity index (χ3v) is 1.99. The van der Waals surface area contributed by atoms with Crippen LogP contribution < -0.4 is 10.8 Å². The van der Waals surface area contributed by atoms with E-state index in [0.29, 0.717) is 10.8 Å². The van der Waals surface area contributed by atoms with E-state index in [4.69, 9.17) is 15.3 Å². The zero-order valence-electron chi connectivity index (χ0n) is 12.0. The molecule has 1 aromatic heterocycles. The molecule has 0 fully saturated rings. The first kappa shape index (κ1) is 15.9. The van der Waals surface area contributed by atoms with Crippen LogP contribution in [-0.2, 0) is 20.9 Å². The Morgan fingerprint density at radius 2 is 2.00 bits per heavy atom. The predicted octanol–water partition coefficient (Wildman–Crippen LogP) is 1.76. The Balaban J connectivity index is 3.04. The maximum atomic E-state index is 12.0. The number of hydrogen-bond acceptors (Lipinski definition) is 6. The monoisotopic (exact) mass is 281 g/mol. The molecule has 1 amide bonds. The fraction of sp³-hybridized carbons (Fsp3) is 0.462. The molecule has 0 aliphatic carbocycles. The highest BCUT2D eigenvalue weighted by Crippen LogP contribution is 2.17. The summed E-state index contributed by atoms with van der Waals surface area (Å²) in [6.45, 7) is 6.52. The molecule has 0 atom stereocenters. The van der Waals surface area contributed by atoms with Crippen LogP contribution in [-0.4, -0.2) is 22.6 Å². The summed E-state index contributed by atoms with van der Waals surface area (Å²) in [4.78, 5) is 32.2. The normalized spacial score (nSPS) is 10.8. The number of nitrogens with two attached hydrogens (primary N) is 1.